The van der Waals surface area contributed by atoms with Gasteiger partial charge in [0.05, 0.1) is 17.3 Å². The van der Waals surface area contributed by atoms with Gasteiger partial charge in [0.15, 0.2) is 0 Å². The molecule has 1 amide bonds. The molecule has 0 aromatic heterocycles. The van der Waals surface area contributed by atoms with E-state index in [0.717, 1.165) is 5.75 Å². The van der Waals surface area contributed by atoms with E-state index in [4.69, 9.17) is 32.7 Å². The molecule has 0 spiro atoms. The van der Waals surface area contributed by atoms with Gasteiger partial charge in [0.25, 0.3) is 5.91 Å². The van der Waals surface area contributed by atoms with Crippen LogP contribution in [0.2, 0.25) is 10.0 Å². The highest BCUT2D eigenvalue weighted by atomic mass is 35.5. The van der Waals surface area contributed by atoms with E-state index in [9.17, 15) is 9.59 Å². The molecule has 0 bridgehead atoms. The Bertz CT molecular complexity index is 1140. The maximum Gasteiger partial charge on any atom is 0.311 e. The van der Waals surface area contributed by atoms with Crippen LogP contribution in [0.1, 0.15) is 49.5 Å². The van der Waals surface area contributed by atoms with Crippen LogP contribution in [0.3, 0.4) is 0 Å². The van der Waals surface area contributed by atoms with Crippen molar-refractivity contribution < 1.29 is 19.1 Å². The monoisotopic (exact) mass is 499 g/mol. The first-order chi connectivity index (χ1) is 16.1. The molecule has 0 fully saturated rings. The van der Waals surface area contributed by atoms with Gasteiger partial charge in [-0.1, -0.05) is 56.1 Å². The van der Waals surface area contributed by atoms with Gasteiger partial charge in [0, 0.05) is 17.0 Å². The summed E-state index contributed by atoms with van der Waals surface area (Å²) in [5, 5.41) is 3.56. The van der Waals surface area contributed by atoms with Crippen molar-refractivity contribution in [2.24, 2.45) is 0 Å². The van der Waals surface area contributed by atoms with E-state index in [1.807, 2.05) is 12.1 Å². The van der Waals surface area contributed by atoms with E-state index in [2.05, 4.69) is 38.2 Å². The summed E-state index contributed by atoms with van der Waals surface area (Å²) in [6.45, 7) is 6.89. The van der Waals surface area contributed by atoms with Crippen molar-refractivity contribution in [1.29, 1.82) is 0 Å². The Morgan fingerprint density at radius 3 is 2.18 bits per heavy atom. The minimum absolute atomic E-state index is 0.0915. The van der Waals surface area contributed by atoms with Crippen LogP contribution in [0.25, 0.3) is 0 Å². The fourth-order valence-electron chi connectivity index (χ4n) is 3.10. The molecule has 0 aliphatic carbocycles. The number of amides is 1. The van der Waals surface area contributed by atoms with Gasteiger partial charge in [-0.25, -0.2) is 0 Å². The summed E-state index contributed by atoms with van der Waals surface area (Å²) in [4.78, 5) is 24.6. The average molecular weight is 500 g/mol. The standard InChI is InChI=1S/C27H27Cl2NO4/c1-27(2,3)19-8-13-21(14-9-19)33-16-4-5-25(31)34-22-11-6-18(7-12-22)26(32)30-24-17-20(28)10-15-23(24)29/h6-15,17H,4-5,16H2,1-3H3,(H,30,32). The number of carbonyl (C=O) groups excluding carboxylic acids is 2. The molecule has 3 rings (SSSR count). The normalized spacial score (nSPS) is 11.1. The maximum atomic E-state index is 12.4. The molecule has 3 aromatic rings. The van der Waals surface area contributed by atoms with Crippen LogP contribution in [-0.4, -0.2) is 18.5 Å². The minimum Gasteiger partial charge on any atom is -0.494 e. The third kappa shape index (κ3) is 7.51. The molecule has 0 aliphatic heterocycles. The quantitative estimate of drug-likeness (QED) is 0.200. The lowest BCUT2D eigenvalue weighted by Crippen LogP contribution is -2.13. The van der Waals surface area contributed by atoms with Gasteiger partial charge in [-0.15, -0.1) is 0 Å². The Balaban J connectivity index is 1.43. The molecule has 5 nitrogen and oxygen atoms in total. The summed E-state index contributed by atoms with van der Waals surface area (Å²) in [5.74, 6) is 0.416. The second-order valence-corrected chi connectivity index (χ2v) is 9.65. The van der Waals surface area contributed by atoms with Gasteiger partial charge in [-0.3, -0.25) is 9.59 Å². The predicted molar refractivity (Wildman–Crippen MR) is 136 cm³/mol. The molecule has 3 aromatic carbocycles. The van der Waals surface area contributed by atoms with Crippen molar-refractivity contribution in [3.05, 3.63) is 87.9 Å². The molecule has 0 saturated carbocycles. The lowest BCUT2D eigenvalue weighted by Gasteiger charge is -2.19. The molecule has 0 heterocycles. The van der Waals surface area contributed by atoms with E-state index in [0.29, 0.717) is 40.1 Å². The first kappa shape index (κ1) is 25.6. The Morgan fingerprint density at radius 1 is 0.882 bits per heavy atom. The predicted octanol–water partition coefficient (Wildman–Crippen LogP) is 7.31. The highest BCUT2D eigenvalue weighted by Gasteiger charge is 2.13. The van der Waals surface area contributed by atoms with Gasteiger partial charge in [0.2, 0.25) is 0 Å². The van der Waals surface area contributed by atoms with Crippen molar-refractivity contribution in [3.8, 4) is 11.5 Å². The van der Waals surface area contributed by atoms with Gasteiger partial charge >= 0.3 is 5.97 Å². The molecule has 0 unspecified atom stereocenters. The average Bonchev–Trinajstić information content (AvgIpc) is 2.79. The number of esters is 1. The molecule has 7 heteroatoms. The third-order valence-electron chi connectivity index (χ3n) is 5.04. The van der Waals surface area contributed by atoms with Gasteiger partial charge in [0.1, 0.15) is 11.5 Å². The summed E-state index contributed by atoms with van der Waals surface area (Å²) in [6, 6.07) is 19.1. The van der Waals surface area contributed by atoms with Crippen molar-refractivity contribution in [2.45, 2.75) is 39.0 Å². The number of hydrogen-bond acceptors (Lipinski definition) is 4. The van der Waals surface area contributed by atoms with E-state index in [1.54, 1.807) is 42.5 Å². The molecule has 0 atom stereocenters. The molecule has 0 saturated heterocycles. The lowest BCUT2D eigenvalue weighted by atomic mass is 9.87. The Kier molecular flexibility index (Phi) is 8.59. The van der Waals surface area contributed by atoms with Crippen molar-refractivity contribution in [2.75, 3.05) is 11.9 Å². The molecular weight excluding hydrogens is 473 g/mol. The topological polar surface area (TPSA) is 64.6 Å². The van der Waals surface area contributed by atoms with Crippen LogP contribution in [-0.2, 0) is 10.2 Å². The second kappa shape index (κ2) is 11.4. The summed E-state index contributed by atoms with van der Waals surface area (Å²) < 4.78 is 11.1. The van der Waals surface area contributed by atoms with E-state index < -0.39 is 0 Å². The second-order valence-electron chi connectivity index (χ2n) is 8.80. The van der Waals surface area contributed by atoms with Crippen LogP contribution >= 0.6 is 23.2 Å². The number of carbonyl (C=O) groups is 2. The molecule has 1 N–H and O–H groups in total. The Morgan fingerprint density at radius 2 is 1.53 bits per heavy atom. The summed E-state index contributed by atoms with van der Waals surface area (Å²) >= 11 is 12.0. The highest BCUT2D eigenvalue weighted by molar-refractivity contribution is 6.35. The fraction of sp³-hybridized carbons (Fsp3) is 0.259. The number of nitrogens with one attached hydrogen (secondary N) is 1. The van der Waals surface area contributed by atoms with Crippen molar-refractivity contribution in [1.82, 2.24) is 0 Å². The van der Waals surface area contributed by atoms with Crippen LogP contribution < -0.4 is 14.8 Å². The van der Waals surface area contributed by atoms with Crippen LogP contribution in [0, 0.1) is 0 Å². The smallest absolute Gasteiger partial charge is 0.311 e. The summed E-state index contributed by atoms with van der Waals surface area (Å²) in [6.07, 6.45) is 0.746. The zero-order valence-electron chi connectivity index (χ0n) is 19.4. The fourth-order valence-corrected chi connectivity index (χ4v) is 3.44. The molecule has 0 aliphatic rings. The van der Waals surface area contributed by atoms with Crippen LogP contribution in [0.15, 0.2) is 66.7 Å². The third-order valence-corrected chi connectivity index (χ3v) is 5.60. The number of rotatable bonds is 8. The Labute approximate surface area is 210 Å². The van der Waals surface area contributed by atoms with Gasteiger partial charge < -0.3 is 14.8 Å². The number of benzene rings is 3. The molecule has 178 valence electrons. The van der Waals surface area contributed by atoms with Crippen LogP contribution in [0.4, 0.5) is 5.69 Å². The molecular formula is C27H27Cl2NO4. The zero-order chi connectivity index (χ0) is 24.7. The summed E-state index contributed by atoms with van der Waals surface area (Å²) in [7, 11) is 0. The van der Waals surface area contributed by atoms with Crippen molar-refractivity contribution >= 4 is 40.8 Å². The largest absolute Gasteiger partial charge is 0.494 e. The van der Waals surface area contributed by atoms with E-state index in [1.165, 1.54) is 5.56 Å². The lowest BCUT2D eigenvalue weighted by molar-refractivity contribution is -0.134. The number of ether oxygens (including phenoxy) is 2. The number of halogens is 2. The van der Waals surface area contributed by atoms with Crippen molar-refractivity contribution in [3.63, 3.8) is 0 Å². The number of anilines is 1. The first-order valence-electron chi connectivity index (χ1n) is 10.9. The van der Waals surface area contributed by atoms with E-state index >= 15 is 0 Å². The first-order valence-corrected chi connectivity index (χ1v) is 11.7. The molecule has 34 heavy (non-hydrogen) atoms. The minimum atomic E-state index is -0.366. The maximum absolute atomic E-state index is 12.4. The van der Waals surface area contributed by atoms with Gasteiger partial charge in [-0.2, -0.15) is 0 Å². The van der Waals surface area contributed by atoms with E-state index in [-0.39, 0.29) is 23.7 Å². The number of hydrogen-bond donors (Lipinski definition) is 1. The van der Waals surface area contributed by atoms with Gasteiger partial charge in [-0.05, 0) is 72.0 Å². The highest BCUT2D eigenvalue weighted by Crippen LogP contribution is 2.26. The Hall–Kier alpha value is -3.02. The zero-order valence-corrected chi connectivity index (χ0v) is 20.9. The summed E-state index contributed by atoms with van der Waals surface area (Å²) in [5.41, 5.74) is 2.14. The molecule has 0 radical (unpaired) electrons. The SMILES string of the molecule is CC(C)(C)c1ccc(OCCCC(=O)Oc2ccc(C(=O)Nc3cc(Cl)ccc3Cl)cc2)cc1. The van der Waals surface area contributed by atoms with Crippen LogP contribution in [0.5, 0.6) is 11.5 Å².